The number of hydrogen-bond acceptors (Lipinski definition) is 3. The average molecular weight is 234 g/mol. The normalized spacial score (nSPS) is 22.5. The van der Waals surface area contributed by atoms with E-state index in [1.807, 2.05) is 6.92 Å². The predicted molar refractivity (Wildman–Crippen MR) is 62.3 cm³/mol. The van der Waals surface area contributed by atoms with Crippen LogP contribution in [0.3, 0.4) is 0 Å². The van der Waals surface area contributed by atoms with E-state index in [0.717, 1.165) is 32.4 Å². The predicted octanol–water partition coefficient (Wildman–Crippen LogP) is 0.658. The van der Waals surface area contributed by atoms with Crippen molar-refractivity contribution in [3.05, 3.63) is 0 Å². The molecule has 0 aromatic carbocycles. The largest absolute Gasteiger partial charge is 0.316 e. The Hall–Kier alpha value is -0.130. The maximum absolute atomic E-state index is 11.8. The molecule has 1 unspecified atom stereocenters. The number of hydrogen-bond donors (Lipinski definition) is 1. The maximum Gasteiger partial charge on any atom is 0.213 e. The summed E-state index contributed by atoms with van der Waals surface area (Å²) in [6.45, 7) is 4.65. The van der Waals surface area contributed by atoms with Gasteiger partial charge in [-0.15, -0.1) is 0 Å². The fraction of sp³-hybridized carbons (Fsp3) is 1.00. The Labute approximate surface area is 93.1 Å². The summed E-state index contributed by atoms with van der Waals surface area (Å²) in [5.74, 6) is 0.784. The molecule has 1 N–H and O–H groups in total. The van der Waals surface area contributed by atoms with Gasteiger partial charge in [0.1, 0.15) is 0 Å². The molecule has 1 saturated heterocycles. The molecule has 1 atom stereocenters. The molecule has 1 heterocycles. The van der Waals surface area contributed by atoms with Crippen molar-refractivity contribution >= 4 is 10.0 Å². The van der Waals surface area contributed by atoms with Crippen LogP contribution in [0.4, 0.5) is 0 Å². The number of sulfonamides is 1. The first-order valence-electron chi connectivity index (χ1n) is 5.71. The number of rotatable bonds is 6. The summed E-state index contributed by atoms with van der Waals surface area (Å²) >= 11 is 0. The summed E-state index contributed by atoms with van der Waals surface area (Å²) in [6.07, 6.45) is 2.78. The highest BCUT2D eigenvalue weighted by Gasteiger charge is 2.22. The quantitative estimate of drug-likeness (QED) is 0.734. The van der Waals surface area contributed by atoms with Gasteiger partial charge >= 0.3 is 0 Å². The van der Waals surface area contributed by atoms with Crippen molar-refractivity contribution < 1.29 is 8.42 Å². The Morgan fingerprint density at radius 3 is 2.73 bits per heavy atom. The lowest BCUT2D eigenvalue weighted by Gasteiger charge is -2.20. The fourth-order valence-electron chi connectivity index (χ4n) is 1.83. The van der Waals surface area contributed by atoms with Gasteiger partial charge in [0.05, 0.1) is 5.75 Å². The van der Waals surface area contributed by atoms with Gasteiger partial charge in [0.2, 0.25) is 10.0 Å². The van der Waals surface area contributed by atoms with E-state index in [0.29, 0.717) is 18.2 Å². The molecule has 4 nitrogen and oxygen atoms in total. The molecule has 0 aromatic rings. The smallest absolute Gasteiger partial charge is 0.213 e. The summed E-state index contributed by atoms with van der Waals surface area (Å²) in [5.41, 5.74) is 0. The van der Waals surface area contributed by atoms with Crippen molar-refractivity contribution in [3.8, 4) is 0 Å². The van der Waals surface area contributed by atoms with Crippen LogP contribution in [0.2, 0.25) is 0 Å². The summed E-state index contributed by atoms with van der Waals surface area (Å²) in [4.78, 5) is 0. The Morgan fingerprint density at radius 2 is 2.20 bits per heavy atom. The summed E-state index contributed by atoms with van der Waals surface area (Å²) in [6, 6.07) is 0. The minimum Gasteiger partial charge on any atom is -0.316 e. The van der Waals surface area contributed by atoms with E-state index in [1.165, 1.54) is 4.31 Å². The third-order valence-corrected chi connectivity index (χ3v) is 4.81. The number of nitrogens with zero attached hydrogens (tertiary/aromatic N) is 1. The lowest BCUT2D eigenvalue weighted by atomic mass is 10.1. The molecule has 0 amide bonds. The van der Waals surface area contributed by atoms with Gasteiger partial charge in [-0.3, -0.25) is 0 Å². The van der Waals surface area contributed by atoms with Crippen LogP contribution in [0, 0.1) is 5.92 Å². The first-order valence-corrected chi connectivity index (χ1v) is 7.32. The Bertz CT molecular complexity index is 271. The Morgan fingerprint density at radius 1 is 1.47 bits per heavy atom. The van der Waals surface area contributed by atoms with Crippen LogP contribution in [-0.4, -0.2) is 45.2 Å². The molecule has 0 bridgehead atoms. The van der Waals surface area contributed by atoms with Crippen LogP contribution in [0.25, 0.3) is 0 Å². The standard InChI is InChI=1S/C10H22N2O2S/c1-3-4-7-15(13,14)12(2)9-10-5-6-11-8-10/h10-11H,3-9H2,1-2H3. The highest BCUT2D eigenvalue weighted by molar-refractivity contribution is 7.89. The SMILES string of the molecule is CCCCS(=O)(=O)N(C)CC1CCNC1. The minimum atomic E-state index is -3.00. The van der Waals surface area contributed by atoms with Gasteiger partial charge in [-0.05, 0) is 31.8 Å². The number of unbranched alkanes of at least 4 members (excludes halogenated alkanes) is 1. The van der Waals surface area contributed by atoms with Crippen LogP contribution < -0.4 is 5.32 Å². The first-order chi connectivity index (χ1) is 7.06. The minimum absolute atomic E-state index is 0.292. The van der Waals surface area contributed by atoms with Crippen molar-refractivity contribution in [1.29, 1.82) is 0 Å². The molecule has 15 heavy (non-hydrogen) atoms. The van der Waals surface area contributed by atoms with E-state index in [9.17, 15) is 8.42 Å². The topological polar surface area (TPSA) is 49.4 Å². The molecule has 0 aromatic heterocycles. The molecule has 1 rings (SSSR count). The molecular weight excluding hydrogens is 212 g/mol. The molecule has 1 fully saturated rings. The Kier molecular flexibility index (Phi) is 5.02. The lowest BCUT2D eigenvalue weighted by Crippen LogP contribution is -2.34. The lowest BCUT2D eigenvalue weighted by molar-refractivity contribution is 0.399. The molecule has 1 aliphatic heterocycles. The Balaban J connectivity index is 2.40. The van der Waals surface area contributed by atoms with Crippen LogP contribution in [0.5, 0.6) is 0 Å². The summed E-state index contributed by atoms with van der Waals surface area (Å²) in [5, 5.41) is 3.25. The van der Waals surface area contributed by atoms with Crippen LogP contribution in [0.15, 0.2) is 0 Å². The van der Waals surface area contributed by atoms with Crippen molar-refractivity contribution in [3.63, 3.8) is 0 Å². The molecule has 90 valence electrons. The van der Waals surface area contributed by atoms with E-state index in [1.54, 1.807) is 7.05 Å². The third-order valence-electron chi connectivity index (χ3n) is 2.91. The van der Waals surface area contributed by atoms with Gasteiger partial charge in [-0.25, -0.2) is 12.7 Å². The van der Waals surface area contributed by atoms with Gasteiger partial charge in [-0.2, -0.15) is 0 Å². The highest BCUT2D eigenvalue weighted by atomic mass is 32.2. The molecule has 0 aliphatic carbocycles. The average Bonchev–Trinajstić information content (AvgIpc) is 2.67. The molecule has 0 spiro atoms. The number of nitrogens with one attached hydrogen (secondary N) is 1. The van der Waals surface area contributed by atoms with E-state index < -0.39 is 10.0 Å². The first kappa shape index (κ1) is 12.9. The zero-order valence-corrected chi connectivity index (χ0v) is 10.5. The maximum atomic E-state index is 11.8. The second-order valence-corrected chi connectivity index (χ2v) is 6.50. The second kappa shape index (κ2) is 5.82. The highest BCUT2D eigenvalue weighted by Crippen LogP contribution is 2.12. The van der Waals surface area contributed by atoms with Gasteiger partial charge in [0, 0.05) is 13.6 Å². The molecule has 0 radical (unpaired) electrons. The van der Waals surface area contributed by atoms with E-state index >= 15 is 0 Å². The van der Waals surface area contributed by atoms with Crippen LogP contribution >= 0.6 is 0 Å². The van der Waals surface area contributed by atoms with Crippen molar-refractivity contribution in [2.45, 2.75) is 26.2 Å². The second-order valence-electron chi connectivity index (χ2n) is 4.31. The van der Waals surface area contributed by atoms with Crippen molar-refractivity contribution in [2.75, 3.05) is 32.4 Å². The fourth-order valence-corrected chi connectivity index (χ4v) is 3.23. The van der Waals surface area contributed by atoms with E-state index in [2.05, 4.69) is 5.32 Å². The van der Waals surface area contributed by atoms with E-state index in [-0.39, 0.29) is 0 Å². The zero-order valence-electron chi connectivity index (χ0n) is 9.70. The van der Waals surface area contributed by atoms with Gasteiger partial charge in [0.25, 0.3) is 0 Å². The zero-order chi connectivity index (χ0) is 11.3. The van der Waals surface area contributed by atoms with Crippen molar-refractivity contribution in [1.82, 2.24) is 9.62 Å². The van der Waals surface area contributed by atoms with Crippen molar-refractivity contribution in [2.24, 2.45) is 5.92 Å². The molecule has 1 aliphatic rings. The monoisotopic (exact) mass is 234 g/mol. The summed E-state index contributed by atoms with van der Waals surface area (Å²) in [7, 11) is -1.31. The van der Waals surface area contributed by atoms with Gasteiger partial charge in [-0.1, -0.05) is 13.3 Å². The van der Waals surface area contributed by atoms with Gasteiger partial charge < -0.3 is 5.32 Å². The van der Waals surface area contributed by atoms with Gasteiger partial charge in [0.15, 0.2) is 0 Å². The summed E-state index contributed by atoms with van der Waals surface area (Å²) < 4.78 is 25.1. The van der Waals surface area contributed by atoms with E-state index in [4.69, 9.17) is 0 Å². The van der Waals surface area contributed by atoms with Crippen LogP contribution in [-0.2, 0) is 10.0 Å². The molecular formula is C10H22N2O2S. The van der Waals surface area contributed by atoms with Crippen LogP contribution in [0.1, 0.15) is 26.2 Å². The molecule has 0 saturated carbocycles. The molecule has 5 heteroatoms. The third kappa shape index (κ3) is 4.09.